The molecule has 0 spiro atoms. The van der Waals surface area contributed by atoms with Crippen molar-refractivity contribution in [2.24, 2.45) is 0 Å². The first-order valence-corrected chi connectivity index (χ1v) is 15.8. The van der Waals surface area contributed by atoms with Crippen LogP contribution in [-0.4, -0.2) is 0 Å². The van der Waals surface area contributed by atoms with Gasteiger partial charge in [0.1, 0.15) is 22.2 Å². The highest BCUT2D eigenvalue weighted by Gasteiger charge is 2.22. The third-order valence-electron chi connectivity index (χ3n) is 9.27. The van der Waals surface area contributed by atoms with Crippen LogP contribution in [0.15, 0.2) is 148 Å². The highest BCUT2D eigenvalue weighted by Crippen LogP contribution is 2.40. The van der Waals surface area contributed by atoms with Crippen molar-refractivity contribution < 1.29 is 8.83 Å². The predicted molar refractivity (Wildman–Crippen MR) is 186 cm³/mol. The van der Waals surface area contributed by atoms with E-state index in [-0.39, 0.29) is 0 Å². The Balaban J connectivity index is 1.25. The second kappa shape index (κ2) is 10.6. The first-order valence-electron chi connectivity index (χ1n) is 15.8. The van der Waals surface area contributed by atoms with Gasteiger partial charge in [0.15, 0.2) is 0 Å². The first kappa shape index (κ1) is 25.9. The first-order chi connectivity index (χ1) is 22.3. The smallest absolute Gasteiger partial charge is 0.143 e. The molecule has 2 aliphatic rings. The number of hydrogen-bond donors (Lipinski definition) is 0. The number of rotatable bonds is 5. The van der Waals surface area contributed by atoms with Crippen LogP contribution in [0.25, 0.3) is 55.8 Å². The van der Waals surface area contributed by atoms with Crippen LogP contribution in [0.2, 0.25) is 0 Å². The quantitative estimate of drug-likeness (QED) is 0.203. The molecule has 0 aliphatic heterocycles. The normalized spacial score (nSPS) is 15.9. The zero-order valence-electron chi connectivity index (χ0n) is 24.8. The van der Waals surface area contributed by atoms with Gasteiger partial charge in [-0.3, -0.25) is 0 Å². The Morgan fingerprint density at radius 1 is 0.644 bits per heavy atom. The number of furan rings is 2. The summed E-state index contributed by atoms with van der Waals surface area (Å²) in [5.74, 6) is 0.409. The van der Waals surface area contributed by atoms with E-state index in [1.165, 1.54) is 16.5 Å². The van der Waals surface area contributed by atoms with E-state index in [1.54, 1.807) is 0 Å². The molecule has 7 aromatic rings. The van der Waals surface area contributed by atoms with E-state index in [0.717, 1.165) is 80.1 Å². The van der Waals surface area contributed by atoms with Crippen LogP contribution in [0.1, 0.15) is 30.7 Å². The number of fused-ring (bicyclic) bond motifs is 6. The molecule has 2 aliphatic carbocycles. The Morgan fingerprint density at radius 2 is 1.42 bits per heavy atom. The number of allylic oxidation sites excluding steroid dienone is 4. The molecule has 0 amide bonds. The average molecular weight is 582 g/mol. The fraction of sp³-hybridized carbons (Fsp3) is 0.0952. The maximum Gasteiger partial charge on any atom is 0.143 e. The van der Waals surface area contributed by atoms with E-state index in [2.05, 4.69) is 132 Å². The molecular weight excluding hydrogens is 550 g/mol. The van der Waals surface area contributed by atoms with Crippen LogP contribution >= 0.6 is 0 Å². The van der Waals surface area contributed by atoms with Gasteiger partial charge in [-0.25, -0.2) is 0 Å². The van der Waals surface area contributed by atoms with Gasteiger partial charge in [0.25, 0.3) is 0 Å². The van der Waals surface area contributed by atoms with Crippen LogP contribution in [-0.2, 0) is 0 Å². The van der Waals surface area contributed by atoms with E-state index in [4.69, 9.17) is 8.83 Å². The third kappa shape index (κ3) is 4.35. The summed E-state index contributed by atoms with van der Waals surface area (Å²) < 4.78 is 12.8. The minimum atomic E-state index is 0.409. The van der Waals surface area contributed by atoms with E-state index in [0.29, 0.717) is 5.92 Å². The van der Waals surface area contributed by atoms with Crippen molar-refractivity contribution in [3.63, 3.8) is 0 Å². The highest BCUT2D eigenvalue weighted by molar-refractivity contribution is 6.09. The Hall–Kier alpha value is -5.54. The second-order valence-corrected chi connectivity index (χ2v) is 11.9. The summed E-state index contributed by atoms with van der Waals surface area (Å²) in [4.78, 5) is 2.44. The molecule has 0 N–H and O–H groups in total. The Labute approximate surface area is 261 Å². The van der Waals surface area contributed by atoms with Crippen molar-refractivity contribution >= 4 is 56.1 Å². The topological polar surface area (TPSA) is 29.5 Å². The van der Waals surface area contributed by atoms with Crippen LogP contribution in [0.3, 0.4) is 0 Å². The maximum absolute atomic E-state index is 6.45. The number of nitrogens with zero attached hydrogens (tertiary/aromatic N) is 1. The van der Waals surface area contributed by atoms with Crippen LogP contribution in [0, 0.1) is 0 Å². The number of benzene rings is 5. The molecule has 1 atom stereocenters. The average Bonchev–Trinajstić information content (AvgIpc) is 3.68. The van der Waals surface area contributed by atoms with Gasteiger partial charge in [0, 0.05) is 49.9 Å². The molecule has 2 heterocycles. The molecule has 0 fully saturated rings. The van der Waals surface area contributed by atoms with Gasteiger partial charge in [0.2, 0.25) is 0 Å². The Bertz CT molecular complexity index is 2420. The Morgan fingerprint density at radius 3 is 2.27 bits per heavy atom. The fourth-order valence-corrected chi connectivity index (χ4v) is 7.14. The monoisotopic (exact) mass is 581 g/mol. The van der Waals surface area contributed by atoms with Crippen molar-refractivity contribution in [2.45, 2.75) is 25.2 Å². The molecule has 1 unspecified atom stereocenters. The third-order valence-corrected chi connectivity index (χ3v) is 9.27. The van der Waals surface area contributed by atoms with E-state index < -0.39 is 0 Å². The number of anilines is 2. The van der Waals surface area contributed by atoms with Gasteiger partial charge in [-0.1, -0.05) is 103 Å². The van der Waals surface area contributed by atoms with E-state index in [1.807, 2.05) is 18.2 Å². The molecule has 3 heteroatoms. The lowest BCUT2D eigenvalue weighted by molar-refractivity contribution is 0.570. The molecule has 0 saturated carbocycles. The SMILES string of the molecule is C1=CCC(c2ccc(N(C3=c4c(oc5ccccc45)=CCC3)c3cccc(-c4cccc5c4oc4ccccc45)c3)cc2)C=C1. The summed E-state index contributed by atoms with van der Waals surface area (Å²) in [5, 5.41) is 4.62. The summed E-state index contributed by atoms with van der Waals surface area (Å²) in [7, 11) is 0. The molecule has 5 aromatic carbocycles. The molecule has 9 rings (SSSR count). The molecule has 2 aromatic heterocycles. The maximum atomic E-state index is 6.45. The second-order valence-electron chi connectivity index (χ2n) is 11.9. The van der Waals surface area contributed by atoms with Crippen LogP contribution in [0.4, 0.5) is 11.4 Å². The Kier molecular flexibility index (Phi) is 6.09. The van der Waals surface area contributed by atoms with Gasteiger partial charge in [0.05, 0.1) is 0 Å². The summed E-state index contributed by atoms with van der Waals surface area (Å²) in [5.41, 5.74) is 10.8. The van der Waals surface area contributed by atoms with Crippen LogP contribution < -0.4 is 15.5 Å². The number of hydrogen-bond acceptors (Lipinski definition) is 3. The lowest BCUT2D eigenvalue weighted by Crippen LogP contribution is -2.33. The molecule has 0 radical (unpaired) electrons. The van der Waals surface area contributed by atoms with Crippen LogP contribution in [0.5, 0.6) is 0 Å². The largest absolute Gasteiger partial charge is 0.456 e. The van der Waals surface area contributed by atoms with E-state index >= 15 is 0 Å². The summed E-state index contributed by atoms with van der Waals surface area (Å²) in [6, 6.07) is 41.1. The summed E-state index contributed by atoms with van der Waals surface area (Å²) in [6.07, 6.45) is 13.9. The molecule has 0 saturated heterocycles. The van der Waals surface area contributed by atoms with Crippen molar-refractivity contribution in [1.29, 1.82) is 0 Å². The molecule has 0 bridgehead atoms. The standard InChI is InChI=1S/C42H31NO2/c1-2-11-28(12-3-1)29-23-25-31(26-24-29)43(37-19-10-22-40-41(37)36-16-5-7-21-39(36)44-40)32-14-8-13-30(27-32)33-17-9-18-35-34-15-4-6-20-38(34)45-42(33)35/h1-9,11,13-18,20-28H,10,12,19H2. The van der Waals surface area contributed by atoms with Gasteiger partial charge in [-0.15, -0.1) is 0 Å². The number of para-hydroxylation sites is 3. The van der Waals surface area contributed by atoms with Gasteiger partial charge in [-0.2, -0.15) is 0 Å². The zero-order chi connectivity index (χ0) is 29.7. The molecule has 216 valence electrons. The van der Waals surface area contributed by atoms with Crippen molar-refractivity contribution in [3.05, 3.63) is 156 Å². The summed E-state index contributed by atoms with van der Waals surface area (Å²) >= 11 is 0. The minimum absolute atomic E-state index is 0.409. The summed E-state index contributed by atoms with van der Waals surface area (Å²) in [6.45, 7) is 0. The minimum Gasteiger partial charge on any atom is -0.456 e. The van der Waals surface area contributed by atoms with Crippen molar-refractivity contribution in [3.8, 4) is 11.1 Å². The van der Waals surface area contributed by atoms with Gasteiger partial charge < -0.3 is 13.7 Å². The van der Waals surface area contributed by atoms with Gasteiger partial charge in [-0.05, 0) is 72.9 Å². The van der Waals surface area contributed by atoms with Crippen molar-refractivity contribution in [2.75, 3.05) is 4.90 Å². The van der Waals surface area contributed by atoms with Gasteiger partial charge >= 0.3 is 0 Å². The molecule has 3 nitrogen and oxygen atoms in total. The predicted octanol–water partition coefficient (Wildman–Crippen LogP) is 10.1. The lowest BCUT2D eigenvalue weighted by Gasteiger charge is -2.29. The molecular formula is C42H31NO2. The fourth-order valence-electron chi connectivity index (χ4n) is 7.14. The zero-order valence-corrected chi connectivity index (χ0v) is 24.8. The lowest BCUT2D eigenvalue weighted by atomic mass is 9.92. The molecule has 45 heavy (non-hydrogen) atoms. The van der Waals surface area contributed by atoms with E-state index in [9.17, 15) is 0 Å². The highest BCUT2D eigenvalue weighted by atomic mass is 16.3. The van der Waals surface area contributed by atoms with Crippen molar-refractivity contribution in [1.82, 2.24) is 0 Å².